The van der Waals surface area contributed by atoms with E-state index >= 15 is 0 Å². The van der Waals surface area contributed by atoms with E-state index in [1.807, 2.05) is 0 Å². The highest BCUT2D eigenvalue weighted by Crippen LogP contribution is 2.21. The van der Waals surface area contributed by atoms with Crippen molar-refractivity contribution >= 4 is 39.3 Å². The first-order chi connectivity index (χ1) is 8.00. The number of amides is 2. The Morgan fingerprint density at radius 3 is 2.71 bits per heavy atom. The molecule has 4 nitrogen and oxygen atoms in total. The molecule has 1 aromatic carbocycles. The molecule has 6 heteroatoms. The summed E-state index contributed by atoms with van der Waals surface area (Å²) >= 11 is 9.03. The Labute approximate surface area is 113 Å². The summed E-state index contributed by atoms with van der Waals surface area (Å²) < 4.78 is 0.636. The molecule has 3 N–H and O–H groups in total. The number of primary amides is 1. The molecule has 0 heterocycles. The maximum Gasteiger partial charge on any atom is 0.252 e. The molecular weight excluding hydrogens is 307 g/mol. The van der Waals surface area contributed by atoms with Gasteiger partial charge in [0, 0.05) is 22.5 Å². The van der Waals surface area contributed by atoms with Crippen molar-refractivity contribution in [2.75, 3.05) is 6.54 Å². The van der Waals surface area contributed by atoms with Crippen molar-refractivity contribution in [3.05, 3.63) is 33.3 Å². The molecule has 0 saturated heterocycles. The summed E-state index contributed by atoms with van der Waals surface area (Å²) in [6.07, 6.45) is 0.800. The lowest BCUT2D eigenvalue weighted by Crippen LogP contribution is -2.25. The number of hydrogen-bond donors (Lipinski definition) is 2. The van der Waals surface area contributed by atoms with Crippen LogP contribution in [-0.2, 0) is 4.79 Å². The van der Waals surface area contributed by atoms with Gasteiger partial charge in [-0.15, -0.1) is 0 Å². The number of nitrogens with one attached hydrogen (secondary N) is 1. The first-order valence-corrected chi connectivity index (χ1v) is 6.19. The lowest BCUT2D eigenvalue weighted by molar-refractivity contribution is -0.118. The minimum atomic E-state index is -0.369. The lowest BCUT2D eigenvalue weighted by Gasteiger charge is -2.06. The van der Waals surface area contributed by atoms with Crippen molar-refractivity contribution in [1.29, 1.82) is 0 Å². The van der Waals surface area contributed by atoms with E-state index in [9.17, 15) is 9.59 Å². The molecule has 17 heavy (non-hydrogen) atoms. The molecule has 2 amide bonds. The second kappa shape index (κ2) is 6.61. The highest BCUT2D eigenvalue weighted by atomic mass is 79.9. The third-order valence-electron chi connectivity index (χ3n) is 2.06. The van der Waals surface area contributed by atoms with Crippen molar-refractivity contribution in [3.8, 4) is 0 Å². The van der Waals surface area contributed by atoms with E-state index in [1.54, 1.807) is 18.2 Å². The van der Waals surface area contributed by atoms with Crippen LogP contribution in [0.4, 0.5) is 0 Å². The Bertz CT molecular complexity index is 437. The SMILES string of the molecule is NC(=O)CCCNC(=O)c1ccc(Cl)cc1Br. The highest BCUT2D eigenvalue weighted by Gasteiger charge is 2.09. The summed E-state index contributed by atoms with van der Waals surface area (Å²) in [5.41, 5.74) is 5.50. The summed E-state index contributed by atoms with van der Waals surface area (Å²) in [7, 11) is 0. The number of halogens is 2. The number of nitrogens with two attached hydrogens (primary N) is 1. The first kappa shape index (κ1) is 14.0. The molecule has 0 atom stereocenters. The third-order valence-corrected chi connectivity index (χ3v) is 2.95. The fourth-order valence-corrected chi connectivity index (χ4v) is 2.10. The summed E-state index contributed by atoms with van der Waals surface area (Å²) in [5.74, 6) is -0.579. The second-order valence-corrected chi connectivity index (χ2v) is 4.74. The highest BCUT2D eigenvalue weighted by molar-refractivity contribution is 9.10. The van der Waals surface area contributed by atoms with E-state index in [4.69, 9.17) is 17.3 Å². The molecule has 0 aliphatic rings. The van der Waals surface area contributed by atoms with Gasteiger partial charge in [-0.1, -0.05) is 11.6 Å². The zero-order chi connectivity index (χ0) is 12.8. The monoisotopic (exact) mass is 318 g/mol. The van der Waals surface area contributed by atoms with E-state index in [-0.39, 0.29) is 18.2 Å². The summed E-state index contributed by atoms with van der Waals surface area (Å²) in [6.45, 7) is 0.414. The van der Waals surface area contributed by atoms with Crippen LogP contribution in [0.5, 0.6) is 0 Å². The van der Waals surface area contributed by atoms with Gasteiger partial charge in [-0.05, 0) is 40.5 Å². The summed E-state index contributed by atoms with van der Waals surface area (Å²) in [6, 6.07) is 4.93. The van der Waals surface area contributed by atoms with Crippen molar-refractivity contribution in [1.82, 2.24) is 5.32 Å². The normalized spacial score (nSPS) is 10.0. The zero-order valence-electron chi connectivity index (χ0n) is 9.00. The van der Waals surface area contributed by atoms with Gasteiger partial charge < -0.3 is 11.1 Å². The smallest absolute Gasteiger partial charge is 0.252 e. The van der Waals surface area contributed by atoms with Crippen LogP contribution in [0.25, 0.3) is 0 Å². The molecule has 1 aromatic rings. The van der Waals surface area contributed by atoms with Gasteiger partial charge in [-0.25, -0.2) is 0 Å². The van der Waals surface area contributed by atoms with E-state index in [1.165, 1.54) is 0 Å². The van der Waals surface area contributed by atoms with Crippen LogP contribution in [-0.4, -0.2) is 18.4 Å². The van der Waals surface area contributed by atoms with Crippen LogP contribution >= 0.6 is 27.5 Å². The van der Waals surface area contributed by atoms with E-state index in [2.05, 4.69) is 21.2 Å². The Kier molecular flexibility index (Phi) is 5.44. The second-order valence-electron chi connectivity index (χ2n) is 3.45. The third kappa shape index (κ3) is 4.75. The fraction of sp³-hybridized carbons (Fsp3) is 0.273. The summed E-state index contributed by atoms with van der Waals surface area (Å²) in [5, 5.41) is 3.25. The molecule has 0 saturated carbocycles. The van der Waals surface area contributed by atoms with Gasteiger partial charge in [-0.2, -0.15) is 0 Å². The molecule has 0 aromatic heterocycles. The Morgan fingerprint density at radius 1 is 1.41 bits per heavy atom. The van der Waals surface area contributed by atoms with Crippen LogP contribution in [0.3, 0.4) is 0 Å². The Hall–Kier alpha value is -1.07. The number of carbonyl (C=O) groups is 2. The van der Waals surface area contributed by atoms with Crippen molar-refractivity contribution in [2.24, 2.45) is 5.73 Å². The van der Waals surface area contributed by atoms with Gasteiger partial charge in [0.05, 0.1) is 5.56 Å². The first-order valence-electron chi connectivity index (χ1n) is 5.02. The fourth-order valence-electron chi connectivity index (χ4n) is 1.23. The molecule has 0 fully saturated rings. The molecular formula is C11H12BrClN2O2. The largest absolute Gasteiger partial charge is 0.370 e. The van der Waals surface area contributed by atoms with Gasteiger partial charge >= 0.3 is 0 Å². The molecule has 0 aliphatic carbocycles. The standard InChI is InChI=1S/C11H12BrClN2O2/c12-9-6-7(13)3-4-8(9)11(17)15-5-1-2-10(14)16/h3-4,6H,1-2,5H2,(H2,14,16)(H,15,17). The van der Waals surface area contributed by atoms with Crippen molar-refractivity contribution < 1.29 is 9.59 Å². The molecule has 0 aliphatic heterocycles. The Morgan fingerprint density at radius 2 is 2.12 bits per heavy atom. The molecule has 0 radical (unpaired) electrons. The Balaban J connectivity index is 2.50. The number of hydrogen-bond acceptors (Lipinski definition) is 2. The molecule has 1 rings (SSSR count). The average molecular weight is 320 g/mol. The number of rotatable bonds is 5. The van der Waals surface area contributed by atoms with E-state index < -0.39 is 0 Å². The number of benzene rings is 1. The van der Waals surface area contributed by atoms with Gasteiger partial charge in [0.1, 0.15) is 0 Å². The van der Waals surface area contributed by atoms with Crippen LogP contribution < -0.4 is 11.1 Å². The average Bonchev–Trinajstić information content (AvgIpc) is 2.23. The quantitative estimate of drug-likeness (QED) is 0.816. The van der Waals surface area contributed by atoms with Gasteiger partial charge in [-0.3, -0.25) is 9.59 Å². The van der Waals surface area contributed by atoms with Crippen molar-refractivity contribution in [3.63, 3.8) is 0 Å². The lowest BCUT2D eigenvalue weighted by atomic mass is 10.2. The molecule has 0 unspecified atom stereocenters. The minimum Gasteiger partial charge on any atom is -0.370 e. The summed E-state index contributed by atoms with van der Waals surface area (Å²) in [4.78, 5) is 22.2. The van der Waals surface area contributed by atoms with Gasteiger partial charge in [0.25, 0.3) is 5.91 Å². The predicted molar refractivity (Wildman–Crippen MR) is 69.9 cm³/mol. The predicted octanol–water partition coefficient (Wildman–Crippen LogP) is 2.10. The molecule has 92 valence electrons. The van der Waals surface area contributed by atoms with Gasteiger partial charge in [0.15, 0.2) is 0 Å². The van der Waals surface area contributed by atoms with Crippen LogP contribution in [0.2, 0.25) is 5.02 Å². The maximum absolute atomic E-state index is 11.7. The molecule has 0 bridgehead atoms. The molecule has 0 spiro atoms. The number of carbonyl (C=O) groups excluding carboxylic acids is 2. The van der Waals surface area contributed by atoms with Crippen LogP contribution in [0.15, 0.2) is 22.7 Å². The van der Waals surface area contributed by atoms with Crippen LogP contribution in [0, 0.1) is 0 Å². The maximum atomic E-state index is 11.7. The topological polar surface area (TPSA) is 72.2 Å². The van der Waals surface area contributed by atoms with Crippen molar-refractivity contribution in [2.45, 2.75) is 12.8 Å². The van der Waals surface area contributed by atoms with E-state index in [0.29, 0.717) is 28.0 Å². The van der Waals surface area contributed by atoms with E-state index in [0.717, 1.165) is 0 Å². The minimum absolute atomic E-state index is 0.210. The van der Waals surface area contributed by atoms with Gasteiger partial charge in [0.2, 0.25) is 5.91 Å². The zero-order valence-corrected chi connectivity index (χ0v) is 11.3. The van der Waals surface area contributed by atoms with Crippen LogP contribution in [0.1, 0.15) is 23.2 Å².